The lowest BCUT2D eigenvalue weighted by Crippen LogP contribution is -1.99. The van der Waals surface area contributed by atoms with Gasteiger partial charge in [-0.15, -0.1) is 0 Å². The number of nitrogens with zero attached hydrogens (tertiary/aromatic N) is 3. The summed E-state index contributed by atoms with van der Waals surface area (Å²) in [6.07, 6.45) is 6.94. The zero-order valence-corrected chi connectivity index (χ0v) is 7.05. The molecule has 0 spiro atoms. The predicted octanol–water partition coefficient (Wildman–Crippen LogP) is 0.378. The Labute approximate surface area is 75.1 Å². The maximum atomic E-state index is 5.45. The monoisotopic (exact) mass is 178 g/mol. The van der Waals surface area contributed by atoms with Crippen molar-refractivity contribution in [1.82, 2.24) is 14.9 Å². The smallest absolute Gasteiger partial charge is 0.128 e. The number of hydrogen-bond acceptors (Lipinski definition) is 4. The van der Waals surface area contributed by atoms with Crippen molar-refractivity contribution in [2.24, 2.45) is 5.73 Å². The Morgan fingerprint density at radius 3 is 2.92 bits per heavy atom. The van der Waals surface area contributed by atoms with E-state index >= 15 is 0 Å². The molecule has 2 N–H and O–H groups in total. The highest BCUT2D eigenvalue weighted by Gasteiger charge is 1.99. The molecule has 2 rings (SSSR count). The van der Waals surface area contributed by atoms with Crippen LogP contribution in [0.2, 0.25) is 0 Å². The molecular weight excluding hydrogens is 168 g/mol. The van der Waals surface area contributed by atoms with Crippen LogP contribution in [0, 0.1) is 0 Å². The fraction of sp³-hybridized carbons (Fsp3) is 0.250. The molecule has 0 aliphatic heterocycles. The summed E-state index contributed by atoms with van der Waals surface area (Å²) in [4.78, 5) is 0. The highest BCUT2D eigenvalue weighted by molar-refractivity contribution is 5.06. The number of aromatic nitrogens is 3. The van der Waals surface area contributed by atoms with E-state index in [-0.39, 0.29) is 0 Å². The van der Waals surface area contributed by atoms with Crippen LogP contribution in [0.25, 0.3) is 0 Å². The zero-order chi connectivity index (χ0) is 9.10. The summed E-state index contributed by atoms with van der Waals surface area (Å²) in [7, 11) is 0. The highest BCUT2D eigenvalue weighted by atomic mass is 16.5. The fourth-order valence-electron chi connectivity index (χ4n) is 1.09. The third-order valence-corrected chi connectivity index (χ3v) is 1.75. The van der Waals surface area contributed by atoms with Gasteiger partial charge < -0.3 is 10.3 Å². The van der Waals surface area contributed by atoms with Crippen LogP contribution in [0.15, 0.2) is 29.4 Å². The van der Waals surface area contributed by atoms with Crippen LogP contribution < -0.4 is 5.73 Å². The average Bonchev–Trinajstić information content (AvgIpc) is 2.76. The summed E-state index contributed by atoms with van der Waals surface area (Å²) in [5.74, 6) is 0. The minimum atomic E-state index is 0.517. The molecule has 0 saturated heterocycles. The van der Waals surface area contributed by atoms with Crippen molar-refractivity contribution < 1.29 is 4.52 Å². The molecule has 0 aliphatic carbocycles. The first-order chi connectivity index (χ1) is 6.38. The molecule has 0 fully saturated rings. The number of hydrogen-bond donors (Lipinski definition) is 1. The van der Waals surface area contributed by atoms with Gasteiger partial charge in [-0.1, -0.05) is 5.16 Å². The largest absolute Gasteiger partial charge is 0.364 e. The van der Waals surface area contributed by atoms with E-state index in [0.717, 1.165) is 11.1 Å². The fourth-order valence-corrected chi connectivity index (χ4v) is 1.09. The van der Waals surface area contributed by atoms with Crippen molar-refractivity contribution >= 4 is 0 Å². The van der Waals surface area contributed by atoms with E-state index in [4.69, 9.17) is 10.3 Å². The Bertz CT molecular complexity index is 365. The lowest BCUT2D eigenvalue weighted by molar-refractivity contribution is 0.418. The summed E-state index contributed by atoms with van der Waals surface area (Å²) in [6.45, 7) is 1.19. The molecule has 68 valence electrons. The Kier molecular flexibility index (Phi) is 2.09. The molecule has 2 heterocycles. The van der Waals surface area contributed by atoms with Gasteiger partial charge in [0, 0.05) is 23.9 Å². The lowest BCUT2D eigenvalue weighted by Gasteiger charge is -1.95. The molecule has 0 radical (unpaired) electrons. The second-order valence-corrected chi connectivity index (χ2v) is 2.78. The molecular formula is C8H10N4O. The van der Waals surface area contributed by atoms with Crippen molar-refractivity contribution in [3.63, 3.8) is 0 Å². The summed E-state index contributed by atoms with van der Waals surface area (Å²) < 4.78 is 6.50. The molecule has 5 heteroatoms. The van der Waals surface area contributed by atoms with Crippen molar-refractivity contribution in [1.29, 1.82) is 0 Å². The van der Waals surface area contributed by atoms with Crippen LogP contribution >= 0.6 is 0 Å². The third-order valence-electron chi connectivity index (χ3n) is 1.75. The van der Waals surface area contributed by atoms with Gasteiger partial charge in [0.25, 0.3) is 0 Å². The van der Waals surface area contributed by atoms with Gasteiger partial charge in [-0.25, -0.2) is 0 Å². The molecule has 0 aliphatic rings. The van der Waals surface area contributed by atoms with Crippen molar-refractivity contribution in [3.05, 3.63) is 36.0 Å². The van der Waals surface area contributed by atoms with Gasteiger partial charge in [0.1, 0.15) is 6.26 Å². The second-order valence-electron chi connectivity index (χ2n) is 2.78. The Hall–Kier alpha value is -1.62. The van der Waals surface area contributed by atoms with Gasteiger partial charge in [-0.05, 0) is 0 Å². The molecule has 0 aromatic carbocycles. The molecule has 0 amide bonds. The Morgan fingerprint density at radius 1 is 1.38 bits per heavy atom. The minimum absolute atomic E-state index is 0.517. The first kappa shape index (κ1) is 8.00. The van der Waals surface area contributed by atoms with Crippen LogP contribution in [0.5, 0.6) is 0 Å². The normalized spacial score (nSPS) is 10.5. The van der Waals surface area contributed by atoms with Crippen molar-refractivity contribution in [3.8, 4) is 0 Å². The first-order valence-electron chi connectivity index (χ1n) is 3.98. The molecule has 13 heavy (non-hydrogen) atoms. The average molecular weight is 178 g/mol. The summed E-state index contributed by atoms with van der Waals surface area (Å²) >= 11 is 0. The van der Waals surface area contributed by atoms with E-state index in [0.29, 0.717) is 13.1 Å². The van der Waals surface area contributed by atoms with Crippen LogP contribution in [-0.2, 0) is 13.1 Å². The molecule has 0 bridgehead atoms. The van der Waals surface area contributed by atoms with Crippen LogP contribution in [0.1, 0.15) is 11.1 Å². The van der Waals surface area contributed by atoms with E-state index in [2.05, 4.69) is 10.3 Å². The third kappa shape index (κ3) is 1.75. The molecule has 2 aromatic heterocycles. The molecule has 0 saturated carbocycles. The van der Waals surface area contributed by atoms with Crippen LogP contribution in [0.3, 0.4) is 0 Å². The quantitative estimate of drug-likeness (QED) is 0.737. The van der Waals surface area contributed by atoms with E-state index in [1.807, 2.05) is 6.20 Å². The van der Waals surface area contributed by atoms with E-state index in [1.165, 1.54) is 0 Å². The van der Waals surface area contributed by atoms with E-state index in [1.54, 1.807) is 23.3 Å². The second kappa shape index (κ2) is 3.40. The first-order valence-corrected chi connectivity index (χ1v) is 3.98. The highest BCUT2D eigenvalue weighted by Crippen LogP contribution is 2.02. The van der Waals surface area contributed by atoms with Gasteiger partial charge in [0.15, 0.2) is 0 Å². The van der Waals surface area contributed by atoms with Gasteiger partial charge in [0.05, 0.1) is 18.9 Å². The Morgan fingerprint density at radius 2 is 2.31 bits per heavy atom. The maximum absolute atomic E-state index is 5.45. The summed E-state index contributed by atoms with van der Waals surface area (Å²) in [5.41, 5.74) is 7.47. The minimum Gasteiger partial charge on any atom is -0.364 e. The van der Waals surface area contributed by atoms with Gasteiger partial charge in [0.2, 0.25) is 0 Å². The lowest BCUT2D eigenvalue weighted by atomic mass is 10.3. The molecule has 2 aromatic rings. The Balaban J connectivity index is 2.10. The topological polar surface area (TPSA) is 69.9 Å². The molecule has 0 atom stereocenters. The standard InChI is InChI=1S/C8H10N4O/c9-1-7-2-10-12(4-7)5-8-3-11-13-6-8/h2-4,6H,1,5,9H2. The molecule has 5 nitrogen and oxygen atoms in total. The van der Waals surface area contributed by atoms with Crippen molar-refractivity contribution in [2.45, 2.75) is 13.1 Å². The molecule has 0 unspecified atom stereocenters. The van der Waals surface area contributed by atoms with Gasteiger partial charge in [-0.2, -0.15) is 5.10 Å². The van der Waals surface area contributed by atoms with Gasteiger partial charge >= 0.3 is 0 Å². The SMILES string of the molecule is NCc1cnn(Cc2cnoc2)c1. The number of rotatable bonds is 3. The summed E-state index contributed by atoms with van der Waals surface area (Å²) in [5, 5.41) is 7.73. The summed E-state index contributed by atoms with van der Waals surface area (Å²) in [6, 6.07) is 0. The maximum Gasteiger partial charge on any atom is 0.128 e. The predicted molar refractivity (Wildman–Crippen MR) is 45.7 cm³/mol. The van der Waals surface area contributed by atoms with E-state index < -0.39 is 0 Å². The van der Waals surface area contributed by atoms with Crippen LogP contribution in [-0.4, -0.2) is 14.9 Å². The zero-order valence-electron chi connectivity index (χ0n) is 7.05. The van der Waals surface area contributed by atoms with Crippen molar-refractivity contribution in [2.75, 3.05) is 0 Å². The van der Waals surface area contributed by atoms with Gasteiger partial charge in [-0.3, -0.25) is 4.68 Å². The number of nitrogens with two attached hydrogens (primary N) is 1. The van der Waals surface area contributed by atoms with E-state index in [9.17, 15) is 0 Å². The van der Waals surface area contributed by atoms with Crippen LogP contribution in [0.4, 0.5) is 0 Å².